The summed E-state index contributed by atoms with van der Waals surface area (Å²) in [6.45, 7) is 5.34. The third-order valence-corrected chi connectivity index (χ3v) is 3.44. The number of rotatable bonds is 6. The predicted octanol–water partition coefficient (Wildman–Crippen LogP) is -0.213. The van der Waals surface area contributed by atoms with E-state index in [-0.39, 0.29) is 12.4 Å². The molecule has 0 radical (unpaired) electrons. The number of thiazole rings is 1. The van der Waals surface area contributed by atoms with Gasteiger partial charge in [-0.1, -0.05) is 11.3 Å². The SMILES string of the molecule is CCN(CC)c1nc(N)c(C(=O)NCC(N)=O)s1. The molecular weight excluding hydrogens is 254 g/mol. The molecule has 0 aliphatic heterocycles. The number of nitrogens with one attached hydrogen (secondary N) is 1. The molecule has 18 heavy (non-hydrogen) atoms. The molecule has 0 spiro atoms. The highest BCUT2D eigenvalue weighted by Crippen LogP contribution is 2.27. The van der Waals surface area contributed by atoms with Crippen LogP contribution in [0.2, 0.25) is 0 Å². The molecule has 0 saturated carbocycles. The molecule has 0 aliphatic rings. The zero-order valence-electron chi connectivity index (χ0n) is 10.4. The maximum absolute atomic E-state index is 11.7. The van der Waals surface area contributed by atoms with Gasteiger partial charge in [0.1, 0.15) is 10.7 Å². The Bertz CT molecular complexity index is 441. The van der Waals surface area contributed by atoms with Crippen molar-refractivity contribution in [2.75, 3.05) is 30.3 Å². The van der Waals surface area contributed by atoms with Gasteiger partial charge in [0.05, 0.1) is 6.54 Å². The van der Waals surface area contributed by atoms with Gasteiger partial charge in [0.15, 0.2) is 5.13 Å². The second-order valence-corrected chi connectivity index (χ2v) is 4.51. The third-order valence-electron chi connectivity index (χ3n) is 2.31. The number of nitrogen functional groups attached to an aromatic ring is 1. The van der Waals surface area contributed by atoms with E-state index in [2.05, 4.69) is 10.3 Å². The Hall–Kier alpha value is -1.83. The first kappa shape index (κ1) is 14.2. The zero-order valence-corrected chi connectivity index (χ0v) is 11.2. The highest BCUT2D eigenvalue weighted by molar-refractivity contribution is 7.18. The van der Waals surface area contributed by atoms with Gasteiger partial charge in [0.2, 0.25) is 5.91 Å². The van der Waals surface area contributed by atoms with Crippen molar-refractivity contribution in [3.8, 4) is 0 Å². The van der Waals surface area contributed by atoms with Crippen molar-refractivity contribution in [3.63, 3.8) is 0 Å². The molecule has 0 unspecified atom stereocenters. The van der Waals surface area contributed by atoms with Crippen LogP contribution in [-0.2, 0) is 4.79 Å². The molecule has 0 fully saturated rings. The number of amides is 2. The minimum atomic E-state index is -0.601. The van der Waals surface area contributed by atoms with Gasteiger partial charge in [-0.15, -0.1) is 0 Å². The van der Waals surface area contributed by atoms with E-state index >= 15 is 0 Å². The Morgan fingerprint density at radius 3 is 2.50 bits per heavy atom. The van der Waals surface area contributed by atoms with Crippen molar-refractivity contribution in [2.24, 2.45) is 5.73 Å². The minimum Gasteiger partial charge on any atom is -0.382 e. The molecule has 2 amide bonds. The van der Waals surface area contributed by atoms with Crippen LogP contribution in [0.25, 0.3) is 0 Å². The number of aromatic nitrogens is 1. The van der Waals surface area contributed by atoms with Crippen LogP contribution in [0.3, 0.4) is 0 Å². The summed E-state index contributed by atoms with van der Waals surface area (Å²) in [5.41, 5.74) is 10.6. The van der Waals surface area contributed by atoms with Crippen molar-refractivity contribution in [3.05, 3.63) is 4.88 Å². The molecule has 7 nitrogen and oxygen atoms in total. The fourth-order valence-electron chi connectivity index (χ4n) is 1.36. The van der Waals surface area contributed by atoms with E-state index in [9.17, 15) is 9.59 Å². The normalized spacial score (nSPS) is 10.1. The average molecular weight is 271 g/mol. The van der Waals surface area contributed by atoms with Crippen molar-refractivity contribution in [2.45, 2.75) is 13.8 Å². The molecule has 1 heterocycles. The first-order valence-corrected chi connectivity index (χ1v) is 6.38. The van der Waals surface area contributed by atoms with Crippen molar-refractivity contribution < 1.29 is 9.59 Å². The zero-order chi connectivity index (χ0) is 13.7. The molecule has 1 aromatic rings. The van der Waals surface area contributed by atoms with Gasteiger partial charge in [-0.05, 0) is 13.8 Å². The van der Waals surface area contributed by atoms with E-state index in [0.29, 0.717) is 10.0 Å². The number of carbonyl (C=O) groups excluding carboxylic acids is 2. The van der Waals surface area contributed by atoms with E-state index in [1.165, 1.54) is 11.3 Å². The Labute approximate surface area is 109 Å². The van der Waals surface area contributed by atoms with Crippen LogP contribution < -0.4 is 21.7 Å². The first-order valence-electron chi connectivity index (χ1n) is 5.57. The van der Waals surface area contributed by atoms with E-state index < -0.39 is 11.8 Å². The van der Waals surface area contributed by atoms with Gasteiger partial charge in [0, 0.05) is 13.1 Å². The Kier molecular flexibility index (Phi) is 4.90. The number of carbonyl (C=O) groups is 2. The van der Waals surface area contributed by atoms with Gasteiger partial charge < -0.3 is 21.7 Å². The number of nitrogens with two attached hydrogens (primary N) is 2. The summed E-state index contributed by atoms with van der Waals surface area (Å²) in [4.78, 5) is 28.8. The van der Waals surface area contributed by atoms with E-state index in [1.807, 2.05) is 18.7 Å². The van der Waals surface area contributed by atoms with Gasteiger partial charge in [0.25, 0.3) is 5.91 Å². The van der Waals surface area contributed by atoms with Gasteiger partial charge in [-0.25, -0.2) is 4.98 Å². The number of hydrogen-bond acceptors (Lipinski definition) is 6. The molecule has 0 aromatic carbocycles. The van der Waals surface area contributed by atoms with Gasteiger partial charge in [-0.3, -0.25) is 9.59 Å². The van der Waals surface area contributed by atoms with Crippen LogP contribution in [0.15, 0.2) is 0 Å². The van der Waals surface area contributed by atoms with Crippen molar-refractivity contribution in [1.82, 2.24) is 10.3 Å². The standard InChI is InChI=1S/C10H17N5O2S/c1-3-15(4-2)10-14-8(12)7(18-10)9(17)13-5-6(11)16/h3-5,12H2,1-2H3,(H2,11,16)(H,13,17). The number of anilines is 2. The number of primary amides is 1. The smallest absolute Gasteiger partial charge is 0.265 e. The third kappa shape index (κ3) is 3.33. The van der Waals surface area contributed by atoms with Gasteiger partial charge in [-0.2, -0.15) is 0 Å². The lowest BCUT2D eigenvalue weighted by Crippen LogP contribution is -2.33. The summed E-state index contributed by atoms with van der Waals surface area (Å²) in [6, 6.07) is 0. The lowest BCUT2D eigenvalue weighted by Gasteiger charge is -2.16. The fourth-order valence-corrected chi connectivity index (χ4v) is 2.39. The van der Waals surface area contributed by atoms with Crippen LogP contribution in [0.1, 0.15) is 23.5 Å². The van der Waals surface area contributed by atoms with Crippen LogP contribution in [-0.4, -0.2) is 36.4 Å². The highest BCUT2D eigenvalue weighted by atomic mass is 32.1. The van der Waals surface area contributed by atoms with Crippen molar-refractivity contribution >= 4 is 34.1 Å². The second kappa shape index (κ2) is 6.20. The monoisotopic (exact) mass is 271 g/mol. The van der Waals surface area contributed by atoms with Crippen LogP contribution >= 0.6 is 11.3 Å². The molecule has 5 N–H and O–H groups in total. The fraction of sp³-hybridized carbons (Fsp3) is 0.500. The molecule has 8 heteroatoms. The van der Waals surface area contributed by atoms with E-state index in [1.54, 1.807) is 0 Å². The quantitative estimate of drug-likeness (QED) is 0.662. The minimum absolute atomic E-state index is 0.170. The Morgan fingerprint density at radius 1 is 1.39 bits per heavy atom. The maximum atomic E-state index is 11.7. The topological polar surface area (TPSA) is 114 Å². The summed E-state index contributed by atoms with van der Waals surface area (Å²) in [6.07, 6.45) is 0. The summed E-state index contributed by atoms with van der Waals surface area (Å²) >= 11 is 1.20. The molecule has 0 atom stereocenters. The molecule has 1 aromatic heterocycles. The Balaban J connectivity index is 2.83. The molecule has 0 aliphatic carbocycles. The largest absolute Gasteiger partial charge is 0.382 e. The van der Waals surface area contributed by atoms with E-state index in [4.69, 9.17) is 11.5 Å². The summed E-state index contributed by atoms with van der Waals surface area (Å²) in [5, 5.41) is 3.08. The van der Waals surface area contributed by atoms with Crippen LogP contribution in [0, 0.1) is 0 Å². The summed E-state index contributed by atoms with van der Waals surface area (Å²) in [5.74, 6) is -0.860. The summed E-state index contributed by atoms with van der Waals surface area (Å²) < 4.78 is 0. The van der Waals surface area contributed by atoms with E-state index in [0.717, 1.165) is 13.1 Å². The van der Waals surface area contributed by atoms with Crippen LogP contribution in [0.5, 0.6) is 0 Å². The average Bonchev–Trinajstić information content (AvgIpc) is 2.70. The van der Waals surface area contributed by atoms with Crippen LogP contribution in [0.4, 0.5) is 10.9 Å². The molecule has 1 rings (SSSR count). The Morgan fingerprint density at radius 2 is 2.00 bits per heavy atom. The first-order chi connectivity index (χ1) is 8.49. The number of nitrogens with zero attached hydrogens (tertiary/aromatic N) is 2. The second-order valence-electron chi connectivity index (χ2n) is 3.53. The predicted molar refractivity (Wildman–Crippen MR) is 71.6 cm³/mol. The lowest BCUT2D eigenvalue weighted by molar-refractivity contribution is -0.117. The lowest BCUT2D eigenvalue weighted by atomic mass is 10.4. The molecule has 0 bridgehead atoms. The molecule has 0 saturated heterocycles. The maximum Gasteiger partial charge on any atom is 0.265 e. The highest BCUT2D eigenvalue weighted by Gasteiger charge is 2.18. The van der Waals surface area contributed by atoms with Crippen molar-refractivity contribution in [1.29, 1.82) is 0 Å². The van der Waals surface area contributed by atoms with Gasteiger partial charge >= 0.3 is 0 Å². The molecular formula is C10H17N5O2S. The summed E-state index contributed by atoms with van der Waals surface area (Å²) in [7, 11) is 0. The molecule has 100 valence electrons. The number of hydrogen-bond donors (Lipinski definition) is 3.